The molecule has 0 atom stereocenters. The number of benzene rings is 1. The molecule has 17 heavy (non-hydrogen) atoms. The van der Waals surface area contributed by atoms with Crippen LogP contribution in [0.5, 0.6) is 0 Å². The SMILES string of the molecule is OCC1(Cc2ccc(Cl)cc2Cl)CCOCC1. The highest BCUT2D eigenvalue weighted by molar-refractivity contribution is 6.35. The first kappa shape index (κ1) is 13.2. The van der Waals surface area contributed by atoms with Crippen LogP contribution in [0.15, 0.2) is 18.2 Å². The fourth-order valence-electron chi connectivity index (χ4n) is 2.26. The molecule has 2 nitrogen and oxygen atoms in total. The average Bonchev–Trinajstić information content (AvgIpc) is 2.34. The van der Waals surface area contributed by atoms with E-state index < -0.39 is 0 Å². The lowest BCUT2D eigenvalue weighted by Gasteiger charge is -2.35. The van der Waals surface area contributed by atoms with Crippen molar-refractivity contribution in [2.75, 3.05) is 19.8 Å². The van der Waals surface area contributed by atoms with Crippen molar-refractivity contribution in [3.05, 3.63) is 33.8 Å². The molecule has 1 fully saturated rings. The molecule has 1 N–H and O–H groups in total. The number of ether oxygens (including phenoxy) is 1. The van der Waals surface area contributed by atoms with E-state index >= 15 is 0 Å². The Morgan fingerprint density at radius 3 is 2.53 bits per heavy atom. The molecule has 0 bridgehead atoms. The van der Waals surface area contributed by atoms with Crippen molar-refractivity contribution in [1.29, 1.82) is 0 Å². The number of rotatable bonds is 3. The predicted molar refractivity (Wildman–Crippen MR) is 69.7 cm³/mol. The number of halogens is 2. The van der Waals surface area contributed by atoms with E-state index in [9.17, 15) is 5.11 Å². The van der Waals surface area contributed by atoms with E-state index in [4.69, 9.17) is 27.9 Å². The number of aliphatic hydroxyl groups is 1. The second-order valence-electron chi connectivity index (χ2n) is 4.68. The summed E-state index contributed by atoms with van der Waals surface area (Å²) in [5.74, 6) is 0. The normalized spacial score (nSPS) is 19.2. The van der Waals surface area contributed by atoms with Gasteiger partial charge in [-0.3, -0.25) is 0 Å². The quantitative estimate of drug-likeness (QED) is 0.916. The molecule has 1 aromatic rings. The van der Waals surface area contributed by atoms with E-state index in [2.05, 4.69) is 0 Å². The van der Waals surface area contributed by atoms with Crippen LogP contribution in [-0.4, -0.2) is 24.9 Å². The molecule has 1 aromatic carbocycles. The van der Waals surface area contributed by atoms with Crippen LogP contribution in [0, 0.1) is 5.41 Å². The highest BCUT2D eigenvalue weighted by Gasteiger charge is 2.32. The third kappa shape index (κ3) is 3.14. The highest BCUT2D eigenvalue weighted by atomic mass is 35.5. The van der Waals surface area contributed by atoms with Gasteiger partial charge in [0.2, 0.25) is 0 Å². The molecule has 1 heterocycles. The Balaban J connectivity index is 2.17. The van der Waals surface area contributed by atoms with Gasteiger partial charge in [-0.25, -0.2) is 0 Å². The molecule has 1 saturated heterocycles. The van der Waals surface area contributed by atoms with E-state index in [1.54, 1.807) is 6.07 Å². The minimum Gasteiger partial charge on any atom is -0.396 e. The highest BCUT2D eigenvalue weighted by Crippen LogP contribution is 2.36. The van der Waals surface area contributed by atoms with E-state index in [0.29, 0.717) is 23.3 Å². The summed E-state index contributed by atoms with van der Waals surface area (Å²) in [7, 11) is 0. The minimum atomic E-state index is -0.0876. The van der Waals surface area contributed by atoms with Crippen LogP contribution in [0.3, 0.4) is 0 Å². The fourth-order valence-corrected chi connectivity index (χ4v) is 2.74. The Hall–Kier alpha value is -0.280. The molecule has 94 valence electrons. The van der Waals surface area contributed by atoms with Crippen LogP contribution in [0.4, 0.5) is 0 Å². The molecule has 0 radical (unpaired) electrons. The Labute approximate surface area is 111 Å². The predicted octanol–water partition coefficient (Wildman–Crippen LogP) is 3.33. The zero-order chi connectivity index (χ0) is 12.3. The second-order valence-corrected chi connectivity index (χ2v) is 5.53. The molecule has 4 heteroatoms. The van der Waals surface area contributed by atoms with Crippen LogP contribution in [0.2, 0.25) is 10.0 Å². The van der Waals surface area contributed by atoms with Crippen LogP contribution < -0.4 is 0 Å². The third-order valence-electron chi connectivity index (χ3n) is 3.47. The van der Waals surface area contributed by atoms with Gasteiger partial charge in [0, 0.05) is 35.3 Å². The number of hydrogen-bond donors (Lipinski definition) is 1. The standard InChI is InChI=1S/C13H16Cl2O2/c14-11-2-1-10(12(15)7-11)8-13(9-16)3-5-17-6-4-13/h1-2,7,16H,3-6,8-9H2. The van der Waals surface area contributed by atoms with Crippen molar-refractivity contribution in [3.8, 4) is 0 Å². The summed E-state index contributed by atoms with van der Waals surface area (Å²) in [6.07, 6.45) is 2.54. The van der Waals surface area contributed by atoms with Gasteiger partial charge < -0.3 is 9.84 Å². The fraction of sp³-hybridized carbons (Fsp3) is 0.538. The Morgan fingerprint density at radius 2 is 1.94 bits per heavy atom. The molecule has 0 aliphatic carbocycles. The van der Waals surface area contributed by atoms with Crippen LogP contribution in [0.25, 0.3) is 0 Å². The van der Waals surface area contributed by atoms with E-state index in [0.717, 1.165) is 24.8 Å². The van der Waals surface area contributed by atoms with Crippen molar-refractivity contribution >= 4 is 23.2 Å². The summed E-state index contributed by atoms with van der Waals surface area (Å²) < 4.78 is 5.35. The molecule has 0 unspecified atom stereocenters. The molecule has 2 rings (SSSR count). The first-order valence-electron chi connectivity index (χ1n) is 5.78. The first-order chi connectivity index (χ1) is 8.15. The lowest BCUT2D eigenvalue weighted by molar-refractivity contribution is -0.0157. The van der Waals surface area contributed by atoms with Gasteiger partial charge >= 0.3 is 0 Å². The first-order valence-corrected chi connectivity index (χ1v) is 6.53. The summed E-state index contributed by atoms with van der Waals surface area (Å²) in [6.45, 7) is 1.60. The van der Waals surface area contributed by atoms with Gasteiger partial charge in [0.25, 0.3) is 0 Å². The molecule has 0 aromatic heterocycles. The Kier molecular flexibility index (Phi) is 4.31. The maximum atomic E-state index is 9.62. The lowest BCUT2D eigenvalue weighted by Crippen LogP contribution is -2.35. The molecule has 1 aliphatic heterocycles. The zero-order valence-corrected chi connectivity index (χ0v) is 11.1. The van der Waals surface area contributed by atoms with E-state index in [-0.39, 0.29) is 12.0 Å². The van der Waals surface area contributed by atoms with Gasteiger partial charge in [0.15, 0.2) is 0 Å². The Morgan fingerprint density at radius 1 is 1.24 bits per heavy atom. The number of aliphatic hydroxyl groups excluding tert-OH is 1. The smallest absolute Gasteiger partial charge is 0.0492 e. The van der Waals surface area contributed by atoms with Crippen molar-refractivity contribution in [3.63, 3.8) is 0 Å². The summed E-state index contributed by atoms with van der Waals surface area (Å²) in [5.41, 5.74) is 0.961. The largest absolute Gasteiger partial charge is 0.396 e. The average molecular weight is 275 g/mol. The third-order valence-corrected chi connectivity index (χ3v) is 4.06. The molecule has 0 amide bonds. The summed E-state index contributed by atoms with van der Waals surface area (Å²) in [6, 6.07) is 5.54. The van der Waals surface area contributed by atoms with Crippen molar-refractivity contribution in [2.24, 2.45) is 5.41 Å². The van der Waals surface area contributed by atoms with Crippen LogP contribution in [0.1, 0.15) is 18.4 Å². The number of hydrogen-bond acceptors (Lipinski definition) is 2. The van der Waals surface area contributed by atoms with E-state index in [1.807, 2.05) is 12.1 Å². The Bertz CT molecular complexity index is 387. The van der Waals surface area contributed by atoms with Gasteiger partial charge in [-0.2, -0.15) is 0 Å². The molecule has 0 spiro atoms. The zero-order valence-electron chi connectivity index (χ0n) is 9.59. The lowest BCUT2D eigenvalue weighted by atomic mass is 9.76. The summed E-state index contributed by atoms with van der Waals surface area (Å²) in [4.78, 5) is 0. The maximum Gasteiger partial charge on any atom is 0.0492 e. The molecule has 0 saturated carbocycles. The second kappa shape index (κ2) is 5.57. The topological polar surface area (TPSA) is 29.5 Å². The van der Waals surface area contributed by atoms with Gasteiger partial charge in [-0.1, -0.05) is 29.3 Å². The van der Waals surface area contributed by atoms with Gasteiger partial charge in [-0.15, -0.1) is 0 Å². The molecule has 1 aliphatic rings. The van der Waals surface area contributed by atoms with Crippen LogP contribution in [-0.2, 0) is 11.2 Å². The van der Waals surface area contributed by atoms with Crippen molar-refractivity contribution in [1.82, 2.24) is 0 Å². The monoisotopic (exact) mass is 274 g/mol. The van der Waals surface area contributed by atoms with Gasteiger partial charge in [-0.05, 0) is 37.0 Å². The maximum absolute atomic E-state index is 9.62. The van der Waals surface area contributed by atoms with Gasteiger partial charge in [0.1, 0.15) is 0 Å². The van der Waals surface area contributed by atoms with E-state index in [1.165, 1.54) is 0 Å². The minimum absolute atomic E-state index is 0.0876. The van der Waals surface area contributed by atoms with Crippen molar-refractivity contribution in [2.45, 2.75) is 19.3 Å². The van der Waals surface area contributed by atoms with Crippen LogP contribution >= 0.6 is 23.2 Å². The van der Waals surface area contributed by atoms with Crippen molar-refractivity contribution < 1.29 is 9.84 Å². The molecular weight excluding hydrogens is 259 g/mol. The summed E-state index contributed by atoms with van der Waals surface area (Å²) in [5, 5.41) is 10.9. The summed E-state index contributed by atoms with van der Waals surface area (Å²) >= 11 is 12.0. The van der Waals surface area contributed by atoms with Gasteiger partial charge in [0.05, 0.1) is 0 Å². The molecular formula is C13H16Cl2O2.